The fourth-order valence-electron chi connectivity index (χ4n) is 6.75. The van der Waals surface area contributed by atoms with E-state index in [0.717, 1.165) is 38.6 Å². The lowest BCUT2D eigenvalue weighted by Crippen LogP contribution is -2.03. The summed E-state index contributed by atoms with van der Waals surface area (Å²) in [6.45, 7) is 0. The highest BCUT2D eigenvalue weighted by molar-refractivity contribution is 7.27. The van der Waals surface area contributed by atoms with Gasteiger partial charge in [0.15, 0.2) is 0 Å². The second-order valence-electron chi connectivity index (χ2n) is 10.8. The zero-order valence-electron chi connectivity index (χ0n) is 22.7. The zero-order chi connectivity index (χ0) is 28.1. The largest absolute Gasteiger partial charge is 0.437 e. The number of pyridine rings is 1. The highest BCUT2D eigenvalue weighted by Crippen LogP contribution is 2.48. The lowest BCUT2D eigenvalue weighted by Gasteiger charge is -2.11. The maximum absolute atomic E-state index is 6.39. The van der Waals surface area contributed by atoms with Crippen LogP contribution in [0, 0.1) is 0 Å². The average molecular weight is 569 g/mol. The summed E-state index contributed by atoms with van der Waals surface area (Å²) in [4.78, 5) is 14.9. The molecule has 0 saturated carbocycles. The van der Waals surface area contributed by atoms with Crippen molar-refractivity contribution in [2.75, 3.05) is 0 Å². The third-order valence-electron chi connectivity index (χ3n) is 8.51. The third-order valence-corrected chi connectivity index (χ3v) is 9.70. The van der Waals surface area contributed by atoms with Crippen LogP contribution in [0.4, 0.5) is 0 Å². The lowest BCUT2D eigenvalue weighted by molar-refractivity contribution is 0.651. The Hall–Kier alpha value is -5.59. The molecule has 0 atom stereocenters. The fraction of sp³-hybridized carbons (Fsp3) is 0. The molecule has 0 saturated heterocycles. The van der Waals surface area contributed by atoms with Gasteiger partial charge in [0.25, 0.3) is 0 Å². The Morgan fingerprint density at radius 2 is 1.35 bits per heavy atom. The quantitative estimate of drug-likeness (QED) is 0.208. The predicted octanol–water partition coefficient (Wildman–Crippen LogP) is 10.1. The summed E-state index contributed by atoms with van der Waals surface area (Å²) >= 11 is 1.85. The molecule has 43 heavy (non-hydrogen) atoms. The Morgan fingerprint density at radius 3 is 2.21 bits per heavy atom. The van der Waals surface area contributed by atoms with E-state index in [9.17, 15) is 0 Å². The summed E-state index contributed by atoms with van der Waals surface area (Å²) in [5.41, 5.74) is 5.22. The van der Waals surface area contributed by atoms with Crippen LogP contribution in [0.15, 0.2) is 126 Å². The topological polar surface area (TPSA) is 56.7 Å². The average Bonchev–Trinajstić information content (AvgIpc) is 3.74. The summed E-state index contributed by atoms with van der Waals surface area (Å²) < 4.78 is 11.2. The molecule has 5 aromatic carbocycles. The number of thiophene rings is 1. The molecule has 10 aromatic rings. The van der Waals surface area contributed by atoms with E-state index in [1.165, 1.54) is 41.7 Å². The first-order valence-electron chi connectivity index (χ1n) is 14.2. The van der Waals surface area contributed by atoms with Crippen LogP contribution >= 0.6 is 11.3 Å². The molecular weight excluding hydrogens is 549 g/mol. The van der Waals surface area contributed by atoms with Gasteiger partial charge in [-0.05, 0) is 35.7 Å². The van der Waals surface area contributed by atoms with Crippen molar-refractivity contribution in [1.29, 1.82) is 0 Å². The van der Waals surface area contributed by atoms with E-state index >= 15 is 0 Å². The Morgan fingerprint density at radius 1 is 0.605 bits per heavy atom. The summed E-state index contributed by atoms with van der Waals surface area (Å²) in [5.74, 6) is 0.572. The number of para-hydroxylation sites is 2. The molecule has 0 radical (unpaired) electrons. The van der Waals surface area contributed by atoms with Crippen LogP contribution in [0.2, 0.25) is 0 Å². The second kappa shape index (κ2) is 8.47. The van der Waals surface area contributed by atoms with E-state index in [1.54, 1.807) is 6.20 Å². The molecule has 10 rings (SSSR count). The first-order chi connectivity index (χ1) is 21.3. The van der Waals surface area contributed by atoms with Gasteiger partial charge >= 0.3 is 0 Å². The van der Waals surface area contributed by atoms with Crippen molar-refractivity contribution in [2.45, 2.75) is 0 Å². The van der Waals surface area contributed by atoms with Gasteiger partial charge in [0.05, 0.1) is 22.1 Å². The van der Waals surface area contributed by atoms with Gasteiger partial charge in [0.1, 0.15) is 5.58 Å². The molecule has 0 N–H and O–H groups in total. The molecule has 0 spiro atoms. The minimum atomic E-state index is 0.559. The summed E-state index contributed by atoms with van der Waals surface area (Å²) in [6.07, 6.45) is 3.64. The van der Waals surface area contributed by atoms with Crippen LogP contribution in [0.3, 0.4) is 0 Å². The predicted molar refractivity (Wildman–Crippen MR) is 177 cm³/mol. The number of nitrogens with zero attached hydrogens (tertiary/aromatic N) is 4. The van der Waals surface area contributed by atoms with Gasteiger partial charge in [-0.1, -0.05) is 78.9 Å². The maximum Gasteiger partial charge on any atom is 0.238 e. The molecule has 0 aliphatic carbocycles. The normalized spacial score (nSPS) is 12.2. The van der Waals surface area contributed by atoms with Crippen LogP contribution in [0.5, 0.6) is 0 Å². The van der Waals surface area contributed by atoms with Gasteiger partial charge in [-0.3, -0.25) is 9.55 Å². The molecule has 5 aromatic heterocycles. The first-order valence-corrected chi connectivity index (χ1v) is 15.0. The SMILES string of the molecule is c1cncc(-c2nc(-n3c4ccccc4c4c5sc6ccccc6c5c5ccccc5c43)nc3oc4ccccc4c23)c1. The van der Waals surface area contributed by atoms with Crippen LogP contribution in [-0.4, -0.2) is 19.5 Å². The van der Waals surface area contributed by atoms with E-state index in [2.05, 4.69) is 88.4 Å². The minimum absolute atomic E-state index is 0.559. The first kappa shape index (κ1) is 23.0. The molecular formula is C37H20N4OS. The van der Waals surface area contributed by atoms with Gasteiger partial charge in [0.2, 0.25) is 11.7 Å². The third kappa shape index (κ3) is 3.07. The van der Waals surface area contributed by atoms with Crippen molar-refractivity contribution in [3.8, 4) is 17.2 Å². The van der Waals surface area contributed by atoms with Gasteiger partial charge < -0.3 is 4.42 Å². The standard InChI is InChI=1S/C37H20N4OS/c1-2-12-23-22(11-1)30-26-15-5-8-18-29(26)43-35(30)32-24-13-3-6-16-27(24)41(34(23)32)37-39-33(21-10-9-19-38-20-21)31-25-14-4-7-17-28(25)42-36(31)40-37/h1-20H. The number of furan rings is 1. The molecule has 5 heterocycles. The van der Waals surface area contributed by atoms with E-state index in [4.69, 9.17) is 14.4 Å². The van der Waals surface area contributed by atoms with Crippen molar-refractivity contribution in [1.82, 2.24) is 19.5 Å². The number of aromatic nitrogens is 4. The lowest BCUT2D eigenvalue weighted by atomic mass is 10.00. The molecule has 0 fully saturated rings. The number of hydrogen-bond acceptors (Lipinski definition) is 5. The molecule has 200 valence electrons. The van der Waals surface area contributed by atoms with E-state index in [-0.39, 0.29) is 0 Å². The summed E-state index contributed by atoms with van der Waals surface area (Å²) in [7, 11) is 0. The maximum atomic E-state index is 6.39. The number of fused-ring (bicyclic) bond motifs is 13. The highest BCUT2D eigenvalue weighted by atomic mass is 32.1. The van der Waals surface area contributed by atoms with Gasteiger partial charge in [0, 0.05) is 59.7 Å². The van der Waals surface area contributed by atoms with Gasteiger partial charge in [-0.15, -0.1) is 11.3 Å². The van der Waals surface area contributed by atoms with Gasteiger partial charge in [-0.25, -0.2) is 4.98 Å². The summed E-state index contributed by atoms with van der Waals surface area (Å²) in [5, 5.41) is 9.27. The monoisotopic (exact) mass is 568 g/mol. The molecule has 0 unspecified atom stereocenters. The number of hydrogen-bond donors (Lipinski definition) is 0. The molecule has 0 amide bonds. The molecule has 0 aliphatic rings. The fourth-order valence-corrected chi connectivity index (χ4v) is 8.03. The van der Waals surface area contributed by atoms with Crippen molar-refractivity contribution >= 4 is 86.2 Å². The Balaban J connectivity index is 1.44. The number of benzene rings is 5. The Kier molecular flexibility index (Phi) is 4.54. The van der Waals surface area contributed by atoms with E-state index in [0.29, 0.717) is 11.7 Å². The van der Waals surface area contributed by atoms with Crippen LogP contribution in [0.1, 0.15) is 0 Å². The summed E-state index contributed by atoms with van der Waals surface area (Å²) in [6, 6.07) is 38.1. The minimum Gasteiger partial charge on any atom is -0.437 e. The number of rotatable bonds is 2. The highest BCUT2D eigenvalue weighted by Gasteiger charge is 2.24. The van der Waals surface area contributed by atoms with Crippen LogP contribution in [-0.2, 0) is 0 Å². The molecule has 5 nitrogen and oxygen atoms in total. The Bertz CT molecular complexity index is 2740. The second-order valence-corrected chi connectivity index (χ2v) is 11.9. The van der Waals surface area contributed by atoms with Gasteiger partial charge in [-0.2, -0.15) is 4.98 Å². The molecule has 0 bridgehead atoms. The van der Waals surface area contributed by atoms with E-state index < -0.39 is 0 Å². The molecule has 0 aliphatic heterocycles. The van der Waals surface area contributed by atoms with Crippen molar-refractivity contribution < 1.29 is 4.42 Å². The Labute approximate surface area is 248 Å². The molecule has 6 heteroatoms. The zero-order valence-corrected chi connectivity index (χ0v) is 23.5. The van der Waals surface area contributed by atoms with Crippen molar-refractivity contribution in [3.05, 3.63) is 122 Å². The van der Waals surface area contributed by atoms with Crippen molar-refractivity contribution in [3.63, 3.8) is 0 Å². The smallest absolute Gasteiger partial charge is 0.238 e. The van der Waals surface area contributed by atoms with Crippen molar-refractivity contribution in [2.24, 2.45) is 0 Å². The van der Waals surface area contributed by atoms with E-state index in [1.807, 2.05) is 47.9 Å². The van der Waals surface area contributed by atoms with Crippen LogP contribution in [0.25, 0.3) is 92.0 Å². The van der Waals surface area contributed by atoms with Crippen LogP contribution < -0.4 is 0 Å².